The molecule has 1 aliphatic heterocycles. The largest absolute Gasteiger partial charge is 0.280 e. The number of nitrogens with one attached hydrogen (secondary N) is 1. The molecule has 146 valence electrons. The summed E-state index contributed by atoms with van der Waals surface area (Å²) in [7, 11) is -7.91. The zero-order valence-electron chi connectivity index (χ0n) is 14.2. The highest BCUT2D eigenvalue weighted by atomic mass is 32.2. The third-order valence-corrected chi connectivity index (χ3v) is 7.57. The highest BCUT2D eigenvalue weighted by Crippen LogP contribution is 2.24. The molecule has 1 aliphatic rings. The van der Waals surface area contributed by atoms with Crippen molar-refractivity contribution in [3.05, 3.63) is 54.1 Å². The Balaban J connectivity index is 1.81. The Hall–Kier alpha value is -2.04. The summed E-state index contributed by atoms with van der Waals surface area (Å²) < 4.78 is 79.9. The highest BCUT2D eigenvalue weighted by molar-refractivity contribution is 7.92. The number of piperidine rings is 1. The Morgan fingerprint density at radius 1 is 0.852 bits per heavy atom. The first kappa shape index (κ1) is 19.7. The maximum Gasteiger partial charge on any atom is 0.264 e. The van der Waals surface area contributed by atoms with Crippen LogP contribution in [0, 0.1) is 11.6 Å². The van der Waals surface area contributed by atoms with E-state index in [4.69, 9.17) is 0 Å². The van der Waals surface area contributed by atoms with Crippen LogP contribution in [-0.2, 0) is 20.0 Å². The van der Waals surface area contributed by atoms with E-state index < -0.39 is 36.6 Å². The second kappa shape index (κ2) is 7.53. The SMILES string of the molecule is O=S(=O)(Nc1ccc(S(=O)(=O)N2CCCCC2)cc1)c1ccc(F)cc1F. The van der Waals surface area contributed by atoms with Gasteiger partial charge in [0.1, 0.15) is 16.5 Å². The number of halogens is 2. The van der Waals surface area contributed by atoms with E-state index in [1.807, 2.05) is 0 Å². The molecule has 0 unspecified atom stereocenters. The quantitative estimate of drug-likeness (QED) is 0.812. The fourth-order valence-electron chi connectivity index (χ4n) is 2.85. The first-order valence-corrected chi connectivity index (χ1v) is 11.2. The van der Waals surface area contributed by atoms with Gasteiger partial charge in [-0.3, -0.25) is 4.72 Å². The minimum atomic E-state index is -4.28. The summed E-state index contributed by atoms with van der Waals surface area (Å²) in [4.78, 5) is -0.644. The molecule has 0 saturated carbocycles. The van der Waals surface area contributed by atoms with Crippen LogP contribution in [0.15, 0.2) is 52.3 Å². The molecule has 6 nitrogen and oxygen atoms in total. The van der Waals surface area contributed by atoms with E-state index in [-0.39, 0.29) is 10.6 Å². The number of sulfonamides is 2. The van der Waals surface area contributed by atoms with E-state index in [0.29, 0.717) is 19.2 Å². The monoisotopic (exact) mass is 416 g/mol. The molecule has 0 bridgehead atoms. The van der Waals surface area contributed by atoms with Gasteiger partial charge in [-0.2, -0.15) is 4.31 Å². The number of nitrogens with zero attached hydrogens (tertiary/aromatic N) is 1. The van der Waals surface area contributed by atoms with Gasteiger partial charge in [0.25, 0.3) is 10.0 Å². The van der Waals surface area contributed by atoms with Crippen molar-refractivity contribution >= 4 is 25.7 Å². The van der Waals surface area contributed by atoms with Crippen LogP contribution < -0.4 is 4.72 Å². The summed E-state index contributed by atoms with van der Waals surface area (Å²) in [6.07, 6.45) is 2.60. The smallest absolute Gasteiger partial charge is 0.264 e. The molecule has 1 N–H and O–H groups in total. The van der Waals surface area contributed by atoms with E-state index in [1.165, 1.54) is 28.6 Å². The first-order valence-electron chi connectivity index (χ1n) is 8.28. The van der Waals surface area contributed by atoms with Gasteiger partial charge in [0.15, 0.2) is 0 Å². The molecule has 10 heteroatoms. The Labute approximate surface area is 156 Å². The number of rotatable bonds is 5. The molecule has 1 heterocycles. The molecule has 1 saturated heterocycles. The molecule has 0 radical (unpaired) electrons. The third kappa shape index (κ3) is 4.28. The van der Waals surface area contributed by atoms with Gasteiger partial charge in [-0.25, -0.2) is 25.6 Å². The maximum atomic E-state index is 13.7. The molecule has 2 aromatic carbocycles. The van der Waals surface area contributed by atoms with E-state index in [1.54, 1.807) is 0 Å². The third-order valence-electron chi connectivity index (χ3n) is 4.24. The van der Waals surface area contributed by atoms with Crippen molar-refractivity contribution in [1.82, 2.24) is 4.31 Å². The average Bonchev–Trinajstić information content (AvgIpc) is 2.62. The standard InChI is InChI=1S/C17H18F2N2O4S2/c18-13-4-9-17(16(19)12-13)26(22,23)20-14-5-7-15(8-6-14)27(24,25)21-10-2-1-3-11-21/h4-9,12,20H,1-3,10-11H2. The van der Waals surface area contributed by atoms with Crippen LogP contribution in [0.4, 0.5) is 14.5 Å². The van der Waals surface area contributed by atoms with Crippen molar-refractivity contribution in [2.75, 3.05) is 17.8 Å². The van der Waals surface area contributed by atoms with Gasteiger partial charge in [-0.05, 0) is 49.2 Å². The van der Waals surface area contributed by atoms with Crippen LogP contribution in [0.1, 0.15) is 19.3 Å². The Morgan fingerprint density at radius 2 is 1.48 bits per heavy atom. The molecular formula is C17H18F2N2O4S2. The van der Waals surface area contributed by atoms with E-state index in [0.717, 1.165) is 31.4 Å². The van der Waals surface area contributed by atoms with Gasteiger partial charge in [0.05, 0.1) is 4.90 Å². The number of hydrogen-bond acceptors (Lipinski definition) is 4. The Bertz CT molecular complexity index is 1030. The highest BCUT2D eigenvalue weighted by Gasteiger charge is 2.26. The number of hydrogen-bond donors (Lipinski definition) is 1. The summed E-state index contributed by atoms with van der Waals surface area (Å²) in [5.74, 6) is -2.11. The van der Waals surface area contributed by atoms with Gasteiger partial charge in [0.2, 0.25) is 10.0 Å². The predicted octanol–water partition coefficient (Wildman–Crippen LogP) is 2.94. The van der Waals surface area contributed by atoms with Crippen LogP contribution in [0.25, 0.3) is 0 Å². The minimum Gasteiger partial charge on any atom is -0.280 e. The molecule has 0 amide bonds. The van der Waals surface area contributed by atoms with E-state index >= 15 is 0 Å². The summed E-state index contributed by atoms with van der Waals surface area (Å²) >= 11 is 0. The van der Waals surface area contributed by atoms with Gasteiger partial charge in [-0.1, -0.05) is 6.42 Å². The molecule has 0 aliphatic carbocycles. The number of benzene rings is 2. The second-order valence-electron chi connectivity index (χ2n) is 6.17. The zero-order valence-corrected chi connectivity index (χ0v) is 15.9. The van der Waals surface area contributed by atoms with Gasteiger partial charge < -0.3 is 0 Å². The molecule has 3 rings (SSSR count). The molecule has 2 aromatic rings. The van der Waals surface area contributed by atoms with Crippen LogP contribution in [0.5, 0.6) is 0 Å². The fourth-order valence-corrected chi connectivity index (χ4v) is 5.49. The normalized spacial score (nSPS) is 16.2. The van der Waals surface area contributed by atoms with Gasteiger partial charge >= 0.3 is 0 Å². The van der Waals surface area contributed by atoms with Crippen LogP contribution in [0.2, 0.25) is 0 Å². The average molecular weight is 416 g/mol. The van der Waals surface area contributed by atoms with Crippen molar-refractivity contribution in [3.63, 3.8) is 0 Å². The second-order valence-corrected chi connectivity index (χ2v) is 9.76. The zero-order chi connectivity index (χ0) is 19.7. The van der Waals surface area contributed by atoms with Crippen molar-refractivity contribution in [2.24, 2.45) is 0 Å². The van der Waals surface area contributed by atoms with Crippen LogP contribution in [-0.4, -0.2) is 34.2 Å². The lowest BCUT2D eigenvalue weighted by atomic mass is 10.2. The summed E-state index contributed by atoms with van der Waals surface area (Å²) in [6.45, 7) is 0.918. The summed E-state index contributed by atoms with van der Waals surface area (Å²) in [5, 5.41) is 0. The lowest BCUT2D eigenvalue weighted by Gasteiger charge is -2.25. The predicted molar refractivity (Wildman–Crippen MR) is 96.2 cm³/mol. The Kier molecular flexibility index (Phi) is 5.50. The van der Waals surface area contributed by atoms with Crippen molar-refractivity contribution in [3.8, 4) is 0 Å². The maximum absolute atomic E-state index is 13.7. The molecule has 1 fully saturated rings. The van der Waals surface area contributed by atoms with Crippen molar-refractivity contribution in [2.45, 2.75) is 29.1 Å². The summed E-state index contributed by atoms with van der Waals surface area (Å²) in [5.41, 5.74) is 0.0660. The van der Waals surface area contributed by atoms with Gasteiger partial charge in [-0.15, -0.1) is 0 Å². The number of anilines is 1. The minimum absolute atomic E-state index is 0.0558. The fraction of sp³-hybridized carbons (Fsp3) is 0.294. The Morgan fingerprint density at radius 3 is 2.07 bits per heavy atom. The lowest BCUT2D eigenvalue weighted by Crippen LogP contribution is -2.35. The van der Waals surface area contributed by atoms with Crippen molar-refractivity contribution < 1.29 is 25.6 Å². The van der Waals surface area contributed by atoms with Crippen LogP contribution in [0.3, 0.4) is 0 Å². The van der Waals surface area contributed by atoms with E-state index in [9.17, 15) is 25.6 Å². The first-order chi connectivity index (χ1) is 12.7. The van der Waals surface area contributed by atoms with Crippen LogP contribution >= 0.6 is 0 Å². The molecule has 0 aromatic heterocycles. The topological polar surface area (TPSA) is 83.5 Å². The molecule has 0 spiro atoms. The van der Waals surface area contributed by atoms with Gasteiger partial charge in [0, 0.05) is 24.8 Å². The molecule has 0 atom stereocenters. The molecule has 27 heavy (non-hydrogen) atoms. The molecular weight excluding hydrogens is 398 g/mol. The van der Waals surface area contributed by atoms with E-state index in [2.05, 4.69) is 4.72 Å². The summed E-state index contributed by atoms with van der Waals surface area (Å²) in [6, 6.07) is 7.30. The van der Waals surface area contributed by atoms with Crippen molar-refractivity contribution in [1.29, 1.82) is 0 Å². The lowest BCUT2D eigenvalue weighted by molar-refractivity contribution is 0.346.